The van der Waals surface area contributed by atoms with Crippen LogP contribution in [0, 0.1) is 11.8 Å². The molecule has 1 amide bonds. The minimum atomic E-state index is -1.17. The van der Waals surface area contributed by atoms with Crippen molar-refractivity contribution in [2.75, 3.05) is 12.4 Å². The zero-order valence-electron chi connectivity index (χ0n) is 15.7. The molecule has 0 aliphatic heterocycles. The molecule has 2 aliphatic carbocycles. The fourth-order valence-electron chi connectivity index (χ4n) is 4.26. The zero-order chi connectivity index (χ0) is 19.4. The molecule has 1 aromatic heterocycles. The molecule has 148 valence electrons. The maximum absolute atomic E-state index is 12.8. The smallest absolute Gasteiger partial charge is 0.341 e. The molecule has 1 heterocycles. The number of amides is 1. The van der Waals surface area contributed by atoms with E-state index in [4.69, 9.17) is 4.74 Å². The summed E-state index contributed by atoms with van der Waals surface area (Å²) < 4.78 is 4.97. The molecule has 1 aromatic rings. The van der Waals surface area contributed by atoms with Crippen LogP contribution in [0.2, 0.25) is 0 Å². The molecule has 6 nitrogen and oxygen atoms in total. The van der Waals surface area contributed by atoms with E-state index in [-0.39, 0.29) is 5.91 Å². The molecule has 0 spiro atoms. The first kappa shape index (κ1) is 19.9. The minimum absolute atomic E-state index is 0.330. The number of ether oxygens (including phenoxy) is 1. The van der Waals surface area contributed by atoms with E-state index in [1.807, 2.05) is 0 Å². The van der Waals surface area contributed by atoms with Gasteiger partial charge in [0, 0.05) is 22.7 Å². The lowest BCUT2D eigenvalue weighted by Gasteiger charge is -2.31. The number of hydrogen-bond donors (Lipinski definition) is 1. The van der Waals surface area contributed by atoms with Gasteiger partial charge >= 0.3 is 5.97 Å². The van der Waals surface area contributed by atoms with Crippen molar-refractivity contribution in [3.05, 3.63) is 16.0 Å². The molecule has 1 N–H and O–H groups in total. The van der Waals surface area contributed by atoms with Crippen molar-refractivity contribution in [3.63, 3.8) is 0 Å². The molecule has 1 fully saturated rings. The lowest BCUT2D eigenvalue weighted by atomic mass is 9.78. The van der Waals surface area contributed by atoms with Gasteiger partial charge in [-0.05, 0) is 44.1 Å². The van der Waals surface area contributed by atoms with Crippen LogP contribution < -0.4 is 10.4 Å². The van der Waals surface area contributed by atoms with Gasteiger partial charge in [-0.25, -0.2) is 4.79 Å². The minimum Gasteiger partial charge on any atom is -0.550 e. The molecule has 2 aliphatic rings. The van der Waals surface area contributed by atoms with Crippen molar-refractivity contribution >= 4 is 34.2 Å². The second-order valence-corrected chi connectivity index (χ2v) is 8.52. The van der Waals surface area contributed by atoms with Crippen LogP contribution in [0.15, 0.2) is 0 Å². The Balaban J connectivity index is 1.89. The van der Waals surface area contributed by atoms with Crippen molar-refractivity contribution in [2.24, 2.45) is 11.8 Å². The number of anilines is 1. The van der Waals surface area contributed by atoms with E-state index >= 15 is 0 Å². The molecule has 0 aromatic carbocycles. The van der Waals surface area contributed by atoms with Gasteiger partial charge in [0.25, 0.3) is 0 Å². The van der Waals surface area contributed by atoms with Gasteiger partial charge in [0.2, 0.25) is 5.91 Å². The summed E-state index contributed by atoms with van der Waals surface area (Å²) in [6.45, 7) is 0. The highest BCUT2D eigenvalue weighted by atomic mass is 32.1. The Morgan fingerprint density at radius 1 is 1.00 bits per heavy atom. The van der Waals surface area contributed by atoms with Crippen LogP contribution in [-0.4, -0.2) is 25.0 Å². The van der Waals surface area contributed by atoms with Crippen molar-refractivity contribution < 1.29 is 24.2 Å². The summed E-state index contributed by atoms with van der Waals surface area (Å²) in [4.78, 5) is 37.8. The highest BCUT2D eigenvalue weighted by molar-refractivity contribution is 7.17. The van der Waals surface area contributed by atoms with Crippen molar-refractivity contribution in [1.29, 1.82) is 0 Å². The van der Waals surface area contributed by atoms with E-state index in [9.17, 15) is 19.5 Å². The van der Waals surface area contributed by atoms with Gasteiger partial charge < -0.3 is 20.0 Å². The van der Waals surface area contributed by atoms with Crippen molar-refractivity contribution in [2.45, 2.75) is 64.2 Å². The Hall–Kier alpha value is -1.89. The lowest BCUT2D eigenvalue weighted by molar-refractivity contribution is -0.313. The number of aliphatic carboxylic acids is 1. The summed E-state index contributed by atoms with van der Waals surface area (Å²) in [7, 11) is 1.34. The topological polar surface area (TPSA) is 95.5 Å². The standard InChI is InChI=1S/C20H27NO5S/c1-26-20(25)16-14-10-4-2-3-5-11-15(14)27-18(16)21-17(22)12-8-6-7-9-13(12)19(23)24/h12-13H,2-11H2,1H3,(H,21,22)(H,23,24)/p-1/t12-,13-/m1/s1. The van der Waals surface area contributed by atoms with Gasteiger partial charge in [0.15, 0.2) is 0 Å². The van der Waals surface area contributed by atoms with Crippen LogP contribution >= 0.6 is 11.3 Å². The highest BCUT2D eigenvalue weighted by Gasteiger charge is 2.33. The van der Waals surface area contributed by atoms with Crippen LogP contribution in [-0.2, 0) is 27.2 Å². The molecule has 3 rings (SSSR count). The molecule has 27 heavy (non-hydrogen) atoms. The molecule has 1 saturated carbocycles. The number of nitrogens with one attached hydrogen (secondary N) is 1. The Labute approximate surface area is 163 Å². The normalized spacial score (nSPS) is 22.9. The van der Waals surface area contributed by atoms with E-state index in [0.29, 0.717) is 23.4 Å². The highest BCUT2D eigenvalue weighted by Crippen LogP contribution is 2.39. The largest absolute Gasteiger partial charge is 0.550 e. The number of rotatable bonds is 4. The van der Waals surface area contributed by atoms with Gasteiger partial charge in [-0.3, -0.25) is 4.79 Å². The molecule has 7 heteroatoms. The molecule has 0 saturated heterocycles. The second-order valence-electron chi connectivity index (χ2n) is 7.42. The van der Waals surface area contributed by atoms with E-state index in [0.717, 1.165) is 55.4 Å². The number of thiophene rings is 1. The number of carboxylic acid groups (broad SMARTS) is 1. The van der Waals surface area contributed by atoms with E-state index in [1.54, 1.807) is 0 Å². The summed E-state index contributed by atoms with van der Waals surface area (Å²) in [5, 5.41) is 14.8. The number of esters is 1. The average molecular weight is 392 g/mol. The molecule has 0 unspecified atom stereocenters. The van der Waals surface area contributed by atoms with Gasteiger partial charge in [-0.15, -0.1) is 11.3 Å². The Morgan fingerprint density at radius 3 is 2.33 bits per heavy atom. The molecule has 0 bridgehead atoms. The Morgan fingerprint density at radius 2 is 1.67 bits per heavy atom. The van der Waals surface area contributed by atoms with Crippen LogP contribution in [0.25, 0.3) is 0 Å². The third-order valence-corrected chi connectivity index (χ3v) is 6.91. The Kier molecular flexibility index (Phi) is 6.52. The van der Waals surface area contributed by atoms with Gasteiger partial charge in [0.05, 0.1) is 12.7 Å². The predicted octanol–water partition coefficient (Wildman–Crippen LogP) is 2.69. The predicted molar refractivity (Wildman–Crippen MR) is 101 cm³/mol. The number of carbonyl (C=O) groups is 3. The number of carbonyl (C=O) groups excluding carboxylic acids is 3. The molecule has 0 radical (unpaired) electrons. The maximum atomic E-state index is 12.8. The number of aryl methyl sites for hydroxylation is 1. The zero-order valence-corrected chi connectivity index (χ0v) is 16.5. The first-order valence-corrected chi connectivity index (χ1v) is 10.6. The fraction of sp³-hybridized carbons (Fsp3) is 0.650. The second kappa shape index (κ2) is 8.87. The fourth-order valence-corrected chi connectivity index (χ4v) is 5.54. The molecule has 2 atom stereocenters. The maximum Gasteiger partial charge on any atom is 0.341 e. The first-order valence-electron chi connectivity index (χ1n) is 9.77. The lowest BCUT2D eigenvalue weighted by Crippen LogP contribution is -2.42. The number of methoxy groups -OCH3 is 1. The van der Waals surface area contributed by atoms with Crippen LogP contribution in [0.1, 0.15) is 72.2 Å². The van der Waals surface area contributed by atoms with E-state index < -0.39 is 23.8 Å². The van der Waals surface area contributed by atoms with Crippen molar-refractivity contribution in [3.8, 4) is 0 Å². The van der Waals surface area contributed by atoms with Crippen LogP contribution in [0.5, 0.6) is 0 Å². The van der Waals surface area contributed by atoms with E-state index in [2.05, 4.69) is 5.32 Å². The third-order valence-electron chi connectivity index (χ3n) is 5.70. The quantitative estimate of drug-likeness (QED) is 0.795. The van der Waals surface area contributed by atoms with Crippen molar-refractivity contribution in [1.82, 2.24) is 0 Å². The average Bonchev–Trinajstić information content (AvgIpc) is 2.97. The summed E-state index contributed by atoms with van der Waals surface area (Å²) in [5.41, 5.74) is 1.44. The van der Waals surface area contributed by atoms with Gasteiger partial charge in [0.1, 0.15) is 5.00 Å². The number of carboxylic acids is 1. The van der Waals surface area contributed by atoms with Crippen LogP contribution in [0.3, 0.4) is 0 Å². The monoisotopic (exact) mass is 392 g/mol. The van der Waals surface area contributed by atoms with Gasteiger partial charge in [-0.1, -0.05) is 25.7 Å². The summed E-state index contributed by atoms with van der Waals surface area (Å²) in [6.07, 6.45) is 8.69. The van der Waals surface area contributed by atoms with Gasteiger partial charge in [-0.2, -0.15) is 0 Å². The summed E-state index contributed by atoms with van der Waals surface area (Å²) >= 11 is 1.43. The molecular weight excluding hydrogens is 366 g/mol. The number of fused-ring (bicyclic) bond motifs is 1. The first-order chi connectivity index (χ1) is 13.0. The molecular formula is C20H26NO5S-. The SMILES string of the molecule is COC(=O)c1c(NC(=O)[C@@H]2CCCC[C@H]2C(=O)[O-])sc2c1CCCCCC2. The van der Waals surface area contributed by atoms with E-state index in [1.165, 1.54) is 24.9 Å². The summed E-state index contributed by atoms with van der Waals surface area (Å²) in [6, 6.07) is 0. The Bertz CT molecular complexity index is 726. The van der Waals surface area contributed by atoms with Crippen LogP contribution in [0.4, 0.5) is 5.00 Å². The summed E-state index contributed by atoms with van der Waals surface area (Å²) in [5.74, 6) is -3.31. The number of hydrogen-bond acceptors (Lipinski definition) is 6. The third kappa shape index (κ3) is 4.34.